The summed E-state index contributed by atoms with van der Waals surface area (Å²) in [6.45, 7) is -0.430. The third-order valence-corrected chi connectivity index (χ3v) is 4.06. The molecule has 2 N–H and O–H groups in total. The van der Waals surface area contributed by atoms with Crippen LogP contribution in [0.25, 0.3) is 0 Å². The maximum absolute atomic E-state index is 12.0. The largest absolute Gasteiger partial charge is 0.481 e. The molecule has 0 radical (unpaired) electrons. The van der Waals surface area contributed by atoms with Gasteiger partial charge >= 0.3 is 18.1 Å². The van der Waals surface area contributed by atoms with Gasteiger partial charge in [0.05, 0.1) is 5.41 Å². The summed E-state index contributed by atoms with van der Waals surface area (Å²) in [7, 11) is 0. The van der Waals surface area contributed by atoms with Crippen LogP contribution >= 0.6 is 0 Å². The number of carbonyl (C=O) groups excluding carboxylic acids is 1. The van der Waals surface area contributed by atoms with Gasteiger partial charge in [-0.1, -0.05) is 6.42 Å². The van der Waals surface area contributed by atoms with Gasteiger partial charge < -0.3 is 10.4 Å². The second kappa shape index (κ2) is 3.36. The quantitative estimate of drug-likeness (QED) is 0.794. The molecule has 0 heterocycles. The summed E-state index contributed by atoms with van der Waals surface area (Å²) in [6, 6.07) is 0. The Hall–Kier alpha value is -1.27. The average Bonchev–Trinajstić information content (AvgIpc) is 2.83. The smallest absolute Gasteiger partial charge is 0.471 e. The topological polar surface area (TPSA) is 66.4 Å². The zero-order valence-corrected chi connectivity index (χ0v) is 8.93. The van der Waals surface area contributed by atoms with Crippen LogP contribution in [-0.4, -0.2) is 29.7 Å². The van der Waals surface area contributed by atoms with Crippen LogP contribution in [0.15, 0.2) is 0 Å². The summed E-state index contributed by atoms with van der Waals surface area (Å²) < 4.78 is 35.9. The van der Waals surface area contributed by atoms with Gasteiger partial charge in [-0.05, 0) is 24.7 Å². The molecule has 4 nitrogen and oxygen atoms in total. The minimum atomic E-state index is -4.96. The van der Waals surface area contributed by atoms with Crippen molar-refractivity contribution >= 4 is 11.9 Å². The molecule has 0 saturated heterocycles. The van der Waals surface area contributed by atoms with E-state index in [1.165, 1.54) is 0 Å². The number of carbonyl (C=O) groups is 2. The molecule has 0 aromatic carbocycles. The molecule has 2 aliphatic rings. The summed E-state index contributed by atoms with van der Waals surface area (Å²) >= 11 is 0. The van der Waals surface area contributed by atoms with Crippen molar-refractivity contribution in [1.82, 2.24) is 5.32 Å². The van der Waals surface area contributed by atoms with E-state index in [1.807, 2.05) is 0 Å². The average molecular weight is 251 g/mol. The fourth-order valence-electron chi connectivity index (χ4n) is 2.75. The number of carboxylic acid groups (broad SMARTS) is 1. The van der Waals surface area contributed by atoms with E-state index in [1.54, 1.807) is 5.32 Å². The van der Waals surface area contributed by atoms with Gasteiger partial charge in [0.1, 0.15) is 0 Å². The third-order valence-electron chi connectivity index (χ3n) is 4.06. The Morgan fingerprint density at radius 2 is 1.88 bits per heavy atom. The number of amides is 1. The summed E-state index contributed by atoms with van der Waals surface area (Å²) in [5.41, 5.74) is -1.54. The van der Waals surface area contributed by atoms with E-state index in [2.05, 4.69) is 0 Å². The predicted octanol–water partition coefficient (Wildman–Crippen LogP) is 1.31. The van der Waals surface area contributed by atoms with Crippen LogP contribution in [0.4, 0.5) is 13.2 Å². The number of halogens is 3. The van der Waals surface area contributed by atoms with Crippen molar-refractivity contribution in [2.45, 2.75) is 31.9 Å². The summed E-state index contributed by atoms with van der Waals surface area (Å²) in [4.78, 5) is 21.8. The van der Waals surface area contributed by atoms with E-state index in [0.717, 1.165) is 19.3 Å². The highest BCUT2D eigenvalue weighted by atomic mass is 19.4. The molecule has 1 unspecified atom stereocenters. The molecule has 17 heavy (non-hydrogen) atoms. The Morgan fingerprint density at radius 3 is 2.18 bits per heavy atom. The molecular formula is C10H12F3NO3. The molecule has 7 heteroatoms. The maximum Gasteiger partial charge on any atom is 0.471 e. The van der Waals surface area contributed by atoms with Crippen molar-refractivity contribution in [2.75, 3.05) is 6.54 Å². The highest BCUT2D eigenvalue weighted by molar-refractivity contribution is 5.85. The van der Waals surface area contributed by atoms with Gasteiger partial charge in [-0.25, -0.2) is 0 Å². The first-order valence-electron chi connectivity index (χ1n) is 5.32. The molecule has 0 aromatic rings. The highest BCUT2D eigenvalue weighted by Crippen LogP contribution is 2.73. The van der Waals surface area contributed by atoms with Gasteiger partial charge in [0.2, 0.25) is 0 Å². The first kappa shape index (κ1) is 12.2. The standard InChI is InChI=1S/C10H12F3NO3/c11-10(12,13)6(15)14-5-9(7(16)17)4-8(9)2-1-3-8/h1-5H2,(H,14,15)(H,16,17). The molecule has 2 rings (SSSR count). The fourth-order valence-corrected chi connectivity index (χ4v) is 2.75. The number of hydrogen-bond donors (Lipinski definition) is 2. The molecule has 1 atom stereocenters. The normalized spacial score (nSPS) is 29.6. The number of hydrogen-bond acceptors (Lipinski definition) is 2. The summed E-state index contributed by atoms with van der Waals surface area (Å²) in [5, 5.41) is 10.8. The zero-order valence-electron chi connectivity index (χ0n) is 8.93. The zero-order chi connectivity index (χ0) is 12.9. The monoisotopic (exact) mass is 251 g/mol. The second-order valence-electron chi connectivity index (χ2n) is 4.88. The Labute approximate surface area is 95.2 Å². The van der Waals surface area contributed by atoms with Gasteiger partial charge in [-0.15, -0.1) is 0 Å². The Morgan fingerprint density at radius 1 is 1.29 bits per heavy atom. The lowest BCUT2D eigenvalue weighted by Crippen LogP contribution is -2.44. The first-order valence-corrected chi connectivity index (χ1v) is 5.32. The molecule has 1 amide bonds. The SMILES string of the molecule is O=C(NCC1(C(=O)O)CC12CCC2)C(F)(F)F. The second-order valence-corrected chi connectivity index (χ2v) is 4.88. The molecule has 0 bridgehead atoms. The van der Waals surface area contributed by atoms with Gasteiger partial charge in [-0.2, -0.15) is 13.2 Å². The van der Waals surface area contributed by atoms with Crippen molar-refractivity contribution in [2.24, 2.45) is 10.8 Å². The van der Waals surface area contributed by atoms with Gasteiger partial charge in [0, 0.05) is 6.54 Å². The Bertz CT molecular complexity index is 375. The molecule has 0 aliphatic heterocycles. The minimum Gasteiger partial charge on any atom is -0.481 e. The van der Waals surface area contributed by atoms with Crippen LogP contribution < -0.4 is 5.32 Å². The van der Waals surface area contributed by atoms with E-state index < -0.39 is 30.0 Å². The number of carboxylic acids is 1. The summed E-state index contributed by atoms with van der Waals surface area (Å²) in [5.74, 6) is -3.18. The van der Waals surface area contributed by atoms with Crippen molar-refractivity contribution in [3.05, 3.63) is 0 Å². The Balaban J connectivity index is 1.98. The van der Waals surface area contributed by atoms with E-state index in [9.17, 15) is 22.8 Å². The minimum absolute atomic E-state index is 0.363. The van der Waals surface area contributed by atoms with Crippen LogP contribution in [0.5, 0.6) is 0 Å². The van der Waals surface area contributed by atoms with Crippen molar-refractivity contribution in [3.8, 4) is 0 Å². The predicted molar refractivity (Wildman–Crippen MR) is 50.0 cm³/mol. The van der Waals surface area contributed by atoms with E-state index >= 15 is 0 Å². The van der Waals surface area contributed by atoms with E-state index in [4.69, 9.17) is 5.11 Å². The number of rotatable bonds is 3. The van der Waals surface area contributed by atoms with E-state index in [-0.39, 0.29) is 5.41 Å². The van der Waals surface area contributed by atoms with E-state index in [0.29, 0.717) is 6.42 Å². The molecule has 2 aliphatic carbocycles. The van der Waals surface area contributed by atoms with Crippen LogP contribution in [0, 0.1) is 10.8 Å². The van der Waals surface area contributed by atoms with Crippen LogP contribution in [0.2, 0.25) is 0 Å². The third kappa shape index (κ3) is 1.68. The van der Waals surface area contributed by atoms with Crippen molar-refractivity contribution < 1.29 is 27.9 Å². The first-order chi connectivity index (χ1) is 7.74. The van der Waals surface area contributed by atoms with Crippen molar-refractivity contribution in [3.63, 3.8) is 0 Å². The van der Waals surface area contributed by atoms with Crippen LogP contribution in [-0.2, 0) is 9.59 Å². The lowest BCUT2D eigenvalue weighted by molar-refractivity contribution is -0.174. The summed E-state index contributed by atoms with van der Waals surface area (Å²) in [6.07, 6.45) is -2.24. The molecule has 0 aromatic heterocycles. The lowest BCUT2D eigenvalue weighted by Gasteiger charge is -2.30. The van der Waals surface area contributed by atoms with Crippen molar-refractivity contribution in [1.29, 1.82) is 0 Å². The fraction of sp³-hybridized carbons (Fsp3) is 0.800. The lowest BCUT2D eigenvalue weighted by atomic mass is 9.75. The van der Waals surface area contributed by atoms with Gasteiger partial charge in [0.25, 0.3) is 0 Å². The van der Waals surface area contributed by atoms with Crippen LogP contribution in [0.1, 0.15) is 25.7 Å². The van der Waals surface area contributed by atoms with Crippen LogP contribution in [0.3, 0.4) is 0 Å². The number of alkyl halides is 3. The molecule has 2 fully saturated rings. The molecular weight excluding hydrogens is 239 g/mol. The van der Waals surface area contributed by atoms with Gasteiger partial charge in [0.15, 0.2) is 0 Å². The Kier molecular flexibility index (Phi) is 2.41. The highest BCUT2D eigenvalue weighted by Gasteiger charge is 2.74. The molecule has 2 saturated carbocycles. The molecule has 1 spiro atoms. The number of aliphatic carboxylic acids is 1. The maximum atomic E-state index is 12.0. The molecule has 96 valence electrons. The van der Waals surface area contributed by atoms with Gasteiger partial charge in [-0.3, -0.25) is 9.59 Å². The number of nitrogens with one attached hydrogen (secondary N) is 1.